The highest BCUT2D eigenvalue weighted by Gasteiger charge is 2.21. The van der Waals surface area contributed by atoms with Crippen molar-refractivity contribution < 1.29 is 4.79 Å². The minimum atomic E-state index is -0.0660. The van der Waals surface area contributed by atoms with Crippen LogP contribution in [0, 0.1) is 0 Å². The van der Waals surface area contributed by atoms with E-state index in [-0.39, 0.29) is 12.1 Å². The maximum atomic E-state index is 11.9. The lowest BCUT2D eigenvalue weighted by Crippen LogP contribution is -2.43. The topological polar surface area (TPSA) is 41.1 Å². The largest absolute Gasteiger partial charge is 0.338 e. The summed E-state index contributed by atoms with van der Waals surface area (Å²) in [7, 11) is 0. The lowest BCUT2D eigenvalue weighted by Gasteiger charge is -2.13. The summed E-state index contributed by atoms with van der Waals surface area (Å²) in [5, 5.41) is 6.00. The molecule has 3 rings (SSSR count). The molecule has 2 amide bonds. The Balaban J connectivity index is 1.42. The summed E-state index contributed by atoms with van der Waals surface area (Å²) in [6, 6.07) is 18.7. The normalized spacial score (nSPS) is 13.7. The minimum Gasteiger partial charge on any atom is -0.338 e. The van der Waals surface area contributed by atoms with Crippen LogP contribution in [0.1, 0.15) is 16.7 Å². The van der Waals surface area contributed by atoms with Crippen molar-refractivity contribution in [1.82, 2.24) is 10.6 Å². The summed E-state index contributed by atoms with van der Waals surface area (Å²) in [6.45, 7) is 0.662. The number of carbonyl (C=O) groups excluding carboxylic acids is 1. The zero-order valence-electron chi connectivity index (χ0n) is 12.0. The maximum absolute atomic E-state index is 11.9. The first-order valence-corrected chi connectivity index (χ1v) is 7.46. The summed E-state index contributed by atoms with van der Waals surface area (Å²) in [5.74, 6) is 0. The van der Waals surface area contributed by atoms with Crippen molar-refractivity contribution in [3.8, 4) is 0 Å². The average molecular weight is 280 g/mol. The van der Waals surface area contributed by atoms with Crippen LogP contribution in [0.25, 0.3) is 0 Å². The van der Waals surface area contributed by atoms with Crippen LogP contribution in [-0.4, -0.2) is 18.6 Å². The Hall–Kier alpha value is -2.29. The molecule has 0 heterocycles. The van der Waals surface area contributed by atoms with Gasteiger partial charge in [0.2, 0.25) is 0 Å². The van der Waals surface area contributed by atoms with E-state index in [1.54, 1.807) is 0 Å². The molecule has 0 fully saturated rings. The Kier molecular flexibility index (Phi) is 4.20. The van der Waals surface area contributed by atoms with E-state index in [1.165, 1.54) is 16.7 Å². The molecule has 1 aliphatic rings. The predicted molar refractivity (Wildman–Crippen MR) is 84.3 cm³/mol. The second-order valence-corrected chi connectivity index (χ2v) is 5.51. The van der Waals surface area contributed by atoms with Gasteiger partial charge in [-0.3, -0.25) is 0 Å². The van der Waals surface area contributed by atoms with Gasteiger partial charge in [-0.15, -0.1) is 0 Å². The fourth-order valence-corrected chi connectivity index (χ4v) is 2.86. The van der Waals surface area contributed by atoms with E-state index in [1.807, 2.05) is 18.2 Å². The van der Waals surface area contributed by atoms with Crippen LogP contribution < -0.4 is 10.6 Å². The summed E-state index contributed by atoms with van der Waals surface area (Å²) in [6.07, 6.45) is 2.73. The second-order valence-electron chi connectivity index (χ2n) is 5.51. The quantitative estimate of drug-likeness (QED) is 0.888. The number of hydrogen-bond acceptors (Lipinski definition) is 1. The summed E-state index contributed by atoms with van der Waals surface area (Å²) >= 11 is 0. The molecule has 0 radical (unpaired) electrons. The van der Waals surface area contributed by atoms with Gasteiger partial charge in [-0.05, 0) is 36.0 Å². The number of benzene rings is 2. The van der Waals surface area contributed by atoms with Crippen LogP contribution in [0.2, 0.25) is 0 Å². The number of urea groups is 1. The van der Waals surface area contributed by atoms with Gasteiger partial charge in [0.05, 0.1) is 0 Å². The molecule has 0 aromatic heterocycles. The maximum Gasteiger partial charge on any atom is 0.315 e. The van der Waals surface area contributed by atoms with Gasteiger partial charge >= 0.3 is 6.03 Å². The van der Waals surface area contributed by atoms with Crippen molar-refractivity contribution in [1.29, 1.82) is 0 Å². The molecule has 0 saturated carbocycles. The molecule has 3 heteroatoms. The van der Waals surface area contributed by atoms with Gasteiger partial charge in [0, 0.05) is 12.6 Å². The van der Waals surface area contributed by atoms with E-state index < -0.39 is 0 Å². The molecule has 0 spiro atoms. The fourth-order valence-electron chi connectivity index (χ4n) is 2.86. The van der Waals surface area contributed by atoms with Crippen LogP contribution in [0.5, 0.6) is 0 Å². The number of nitrogens with one attached hydrogen (secondary N) is 2. The smallest absolute Gasteiger partial charge is 0.315 e. The van der Waals surface area contributed by atoms with E-state index in [0.29, 0.717) is 6.54 Å². The molecule has 0 aliphatic heterocycles. The van der Waals surface area contributed by atoms with Crippen molar-refractivity contribution in [2.75, 3.05) is 6.54 Å². The Labute approximate surface area is 125 Å². The molecule has 0 atom stereocenters. The monoisotopic (exact) mass is 280 g/mol. The summed E-state index contributed by atoms with van der Waals surface area (Å²) in [4.78, 5) is 11.9. The molecular weight excluding hydrogens is 260 g/mol. The average Bonchev–Trinajstić information content (AvgIpc) is 2.90. The van der Waals surface area contributed by atoms with Crippen LogP contribution in [0.15, 0.2) is 54.6 Å². The molecule has 21 heavy (non-hydrogen) atoms. The molecule has 0 saturated heterocycles. The molecular formula is C18H20N2O. The van der Waals surface area contributed by atoms with Gasteiger partial charge in [-0.1, -0.05) is 54.6 Å². The Morgan fingerprint density at radius 2 is 1.57 bits per heavy atom. The van der Waals surface area contributed by atoms with E-state index >= 15 is 0 Å². The van der Waals surface area contributed by atoms with Crippen LogP contribution in [-0.2, 0) is 19.3 Å². The van der Waals surface area contributed by atoms with Crippen molar-refractivity contribution in [3.63, 3.8) is 0 Å². The number of amides is 2. The molecule has 0 unspecified atom stereocenters. The van der Waals surface area contributed by atoms with Gasteiger partial charge in [0.15, 0.2) is 0 Å². The third-order valence-corrected chi connectivity index (χ3v) is 3.93. The first-order valence-electron chi connectivity index (χ1n) is 7.46. The second kappa shape index (κ2) is 6.44. The van der Waals surface area contributed by atoms with E-state index in [2.05, 4.69) is 47.0 Å². The van der Waals surface area contributed by atoms with Crippen LogP contribution in [0.4, 0.5) is 4.79 Å². The SMILES string of the molecule is O=C(NCCc1ccccc1)NC1Cc2ccccc2C1. The standard InChI is InChI=1S/C18H20N2O/c21-18(19-11-10-14-6-2-1-3-7-14)20-17-12-15-8-4-5-9-16(15)13-17/h1-9,17H,10-13H2,(H2,19,20,21). The van der Waals surface area contributed by atoms with Crippen molar-refractivity contribution in [2.45, 2.75) is 25.3 Å². The molecule has 2 N–H and O–H groups in total. The van der Waals surface area contributed by atoms with Gasteiger partial charge < -0.3 is 10.6 Å². The predicted octanol–water partition coefficient (Wildman–Crippen LogP) is 2.70. The van der Waals surface area contributed by atoms with Crippen LogP contribution in [0.3, 0.4) is 0 Å². The Bertz CT molecular complexity index is 585. The van der Waals surface area contributed by atoms with Crippen molar-refractivity contribution in [3.05, 3.63) is 71.3 Å². The summed E-state index contributed by atoms with van der Waals surface area (Å²) < 4.78 is 0. The molecule has 0 bridgehead atoms. The minimum absolute atomic E-state index is 0.0660. The van der Waals surface area contributed by atoms with Crippen molar-refractivity contribution >= 4 is 6.03 Å². The molecule has 3 nitrogen and oxygen atoms in total. The van der Waals surface area contributed by atoms with Crippen molar-refractivity contribution in [2.24, 2.45) is 0 Å². The number of fused-ring (bicyclic) bond motifs is 1. The first kappa shape index (κ1) is 13.7. The third kappa shape index (κ3) is 3.63. The Morgan fingerprint density at radius 3 is 2.24 bits per heavy atom. The molecule has 108 valence electrons. The fraction of sp³-hybridized carbons (Fsp3) is 0.278. The zero-order chi connectivity index (χ0) is 14.5. The summed E-state index contributed by atoms with van der Waals surface area (Å²) in [5.41, 5.74) is 3.95. The lowest BCUT2D eigenvalue weighted by atomic mass is 10.1. The lowest BCUT2D eigenvalue weighted by molar-refractivity contribution is 0.237. The first-order chi connectivity index (χ1) is 10.3. The molecule has 2 aromatic rings. The van der Waals surface area contributed by atoms with Gasteiger partial charge in [-0.2, -0.15) is 0 Å². The number of hydrogen-bond donors (Lipinski definition) is 2. The van der Waals surface area contributed by atoms with E-state index in [9.17, 15) is 4.79 Å². The highest BCUT2D eigenvalue weighted by atomic mass is 16.2. The van der Waals surface area contributed by atoms with Crippen LogP contribution >= 0.6 is 0 Å². The van der Waals surface area contributed by atoms with Gasteiger partial charge in [0.25, 0.3) is 0 Å². The highest BCUT2D eigenvalue weighted by molar-refractivity contribution is 5.74. The molecule has 1 aliphatic carbocycles. The third-order valence-electron chi connectivity index (χ3n) is 3.93. The highest BCUT2D eigenvalue weighted by Crippen LogP contribution is 2.21. The number of rotatable bonds is 4. The van der Waals surface area contributed by atoms with E-state index in [4.69, 9.17) is 0 Å². The van der Waals surface area contributed by atoms with Gasteiger partial charge in [0.1, 0.15) is 0 Å². The van der Waals surface area contributed by atoms with E-state index in [0.717, 1.165) is 19.3 Å². The zero-order valence-corrected chi connectivity index (χ0v) is 12.0. The Morgan fingerprint density at radius 1 is 0.952 bits per heavy atom. The molecule has 2 aromatic carbocycles. The number of carbonyl (C=O) groups is 1. The van der Waals surface area contributed by atoms with Gasteiger partial charge in [-0.25, -0.2) is 4.79 Å².